The predicted molar refractivity (Wildman–Crippen MR) is 203 cm³/mol. The van der Waals surface area contributed by atoms with Gasteiger partial charge in [-0.2, -0.15) is 5.10 Å². The van der Waals surface area contributed by atoms with Crippen LogP contribution in [0.3, 0.4) is 0 Å². The van der Waals surface area contributed by atoms with Gasteiger partial charge in [0, 0.05) is 74.9 Å². The maximum Gasteiger partial charge on any atom is 0.248 e. The molecule has 0 unspecified atom stereocenters. The van der Waals surface area contributed by atoms with E-state index in [1.54, 1.807) is 44.6 Å². The van der Waals surface area contributed by atoms with E-state index in [0.29, 0.717) is 110 Å². The first kappa shape index (κ1) is 36.8. The highest BCUT2D eigenvalue weighted by atomic mass is 16.5. The van der Waals surface area contributed by atoms with Gasteiger partial charge in [0.1, 0.15) is 28.4 Å². The molecule has 6 rings (SSSR count). The second kappa shape index (κ2) is 16.1. The highest BCUT2D eigenvalue weighted by Gasteiger charge is 2.22. The van der Waals surface area contributed by atoms with E-state index in [1.165, 1.54) is 0 Å². The number of anilines is 1. The number of nitrogens with one attached hydrogen (secondary N) is 1. The topological polar surface area (TPSA) is 218 Å². The zero-order chi connectivity index (χ0) is 37.6. The molecule has 2 amide bonds. The van der Waals surface area contributed by atoms with E-state index < -0.39 is 11.8 Å². The molecule has 0 fully saturated rings. The fraction of sp³-hybridized carbons (Fsp3) is 0.351. The second-order valence-corrected chi connectivity index (χ2v) is 12.4. The van der Waals surface area contributed by atoms with E-state index in [-0.39, 0.29) is 0 Å². The molecule has 278 valence electrons. The molecule has 4 aromatic heterocycles. The van der Waals surface area contributed by atoms with Crippen molar-refractivity contribution in [1.82, 2.24) is 33.9 Å². The molecule has 0 bridgehead atoms. The summed E-state index contributed by atoms with van der Waals surface area (Å²) in [5, 5.41) is 9.22. The SMILES string of the molecule is CCn1nc(C)cc1-c1ncc2c3cc(C(N)=O)cc(OCCCOC)c3n(C/C=C/Cn3c(NC)nc4cc(C(N)=O)cc(OCCCN)c43)c2n1. The minimum Gasteiger partial charge on any atom is -0.491 e. The Morgan fingerprint density at radius 3 is 2.21 bits per heavy atom. The van der Waals surface area contributed by atoms with Crippen LogP contribution in [0.2, 0.25) is 0 Å². The number of carbonyl (C=O) groups is 2. The average Bonchev–Trinajstić information content (AvgIpc) is 3.82. The fourth-order valence-corrected chi connectivity index (χ4v) is 6.35. The lowest BCUT2D eigenvalue weighted by molar-refractivity contribution is 0.0991. The quantitative estimate of drug-likeness (QED) is 0.0739. The van der Waals surface area contributed by atoms with E-state index in [2.05, 4.69) is 10.4 Å². The number of nitrogens with zero attached hydrogens (tertiary/aromatic N) is 7. The maximum absolute atomic E-state index is 12.5. The van der Waals surface area contributed by atoms with Crippen molar-refractivity contribution < 1.29 is 23.8 Å². The summed E-state index contributed by atoms with van der Waals surface area (Å²) in [5.74, 6) is 0.938. The Kier molecular flexibility index (Phi) is 11.2. The molecule has 6 aromatic rings. The van der Waals surface area contributed by atoms with E-state index in [4.69, 9.17) is 46.4 Å². The number of hydrogen-bond acceptors (Lipinski definition) is 11. The van der Waals surface area contributed by atoms with Crippen LogP contribution in [0.5, 0.6) is 11.5 Å². The van der Waals surface area contributed by atoms with Crippen molar-refractivity contribution in [3.05, 3.63) is 65.5 Å². The van der Waals surface area contributed by atoms with Crippen LogP contribution in [0, 0.1) is 6.92 Å². The monoisotopic (exact) mass is 723 g/mol. The first-order valence-corrected chi connectivity index (χ1v) is 17.5. The van der Waals surface area contributed by atoms with Crippen LogP contribution >= 0.6 is 0 Å². The summed E-state index contributed by atoms with van der Waals surface area (Å²) in [6.45, 7) is 7.11. The highest BCUT2D eigenvalue weighted by Crippen LogP contribution is 2.37. The van der Waals surface area contributed by atoms with Gasteiger partial charge in [-0.25, -0.2) is 15.0 Å². The normalized spacial score (nSPS) is 11.7. The van der Waals surface area contributed by atoms with Crippen molar-refractivity contribution in [1.29, 1.82) is 0 Å². The molecule has 0 aliphatic heterocycles. The standard InChI is InChI=1S/C37H45N11O5/c1-5-48-28(16-22(2)45-48)35-42-21-26-25-17-23(33(39)49)19-29(53-15-9-13-51-4)31(25)46(36(26)44-35)11-6-7-12-47-32-27(43-37(47)41-3)18-24(34(40)50)20-30(32)52-14-8-10-38/h6-7,16-21H,5,8-15,38H2,1-4H3,(H2,39,49)(H2,40,50)(H,41,43)/b7-6+. The third kappa shape index (κ3) is 7.50. The minimum atomic E-state index is -0.576. The molecule has 2 aromatic carbocycles. The summed E-state index contributed by atoms with van der Waals surface area (Å²) in [7, 11) is 3.42. The third-order valence-electron chi connectivity index (χ3n) is 8.79. The Morgan fingerprint density at radius 2 is 1.55 bits per heavy atom. The molecule has 0 aliphatic rings. The number of hydrogen-bond donors (Lipinski definition) is 4. The summed E-state index contributed by atoms with van der Waals surface area (Å²) >= 11 is 0. The van der Waals surface area contributed by atoms with Crippen LogP contribution in [-0.2, 0) is 24.4 Å². The van der Waals surface area contributed by atoms with Crippen LogP contribution in [0.1, 0.15) is 46.2 Å². The molecule has 7 N–H and O–H groups in total. The molecule has 0 spiro atoms. The second-order valence-electron chi connectivity index (χ2n) is 12.4. The van der Waals surface area contributed by atoms with Crippen molar-refractivity contribution in [3.8, 4) is 23.0 Å². The van der Waals surface area contributed by atoms with Gasteiger partial charge in [0.05, 0.1) is 29.9 Å². The maximum atomic E-state index is 12.5. The number of amides is 2. The number of benzene rings is 2. The molecule has 0 saturated carbocycles. The van der Waals surface area contributed by atoms with Crippen molar-refractivity contribution in [2.75, 3.05) is 45.8 Å². The molecule has 16 nitrogen and oxygen atoms in total. The zero-order valence-electron chi connectivity index (χ0n) is 30.4. The van der Waals surface area contributed by atoms with E-state index >= 15 is 0 Å². The Labute approximate surface area is 305 Å². The Hall–Kier alpha value is -6.00. The van der Waals surface area contributed by atoms with Crippen LogP contribution in [0.25, 0.3) is 44.5 Å². The summed E-state index contributed by atoms with van der Waals surface area (Å²) < 4.78 is 23.5. The molecule has 4 heterocycles. The number of rotatable bonds is 18. The number of aromatic nitrogens is 7. The number of ether oxygens (including phenoxy) is 3. The Balaban J connectivity index is 1.45. The van der Waals surface area contributed by atoms with E-state index in [0.717, 1.165) is 27.7 Å². The smallest absolute Gasteiger partial charge is 0.248 e. The third-order valence-corrected chi connectivity index (χ3v) is 8.79. The number of imidazole rings is 1. The summed E-state index contributed by atoms with van der Waals surface area (Å²) in [4.78, 5) is 39.1. The van der Waals surface area contributed by atoms with Gasteiger partial charge in [-0.3, -0.25) is 14.3 Å². The Bertz CT molecular complexity index is 2320. The molecule has 0 atom stereocenters. The molecule has 53 heavy (non-hydrogen) atoms. The Morgan fingerprint density at radius 1 is 0.868 bits per heavy atom. The number of methoxy groups -OCH3 is 1. The largest absolute Gasteiger partial charge is 0.491 e. The van der Waals surface area contributed by atoms with Crippen molar-refractivity contribution in [3.63, 3.8) is 0 Å². The lowest BCUT2D eigenvalue weighted by atomic mass is 10.1. The van der Waals surface area contributed by atoms with Gasteiger partial charge >= 0.3 is 0 Å². The molecule has 0 saturated heterocycles. The molecule has 0 aliphatic carbocycles. The van der Waals surface area contributed by atoms with Gasteiger partial charge in [0.2, 0.25) is 17.8 Å². The molecule has 16 heteroatoms. The van der Waals surface area contributed by atoms with Crippen LogP contribution < -0.4 is 32.0 Å². The highest BCUT2D eigenvalue weighted by molar-refractivity contribution is 6.11. The average molecular weight is 724 g/mol. The minimum absolute atomic E-state index is 0.299. The zero-order valence-corrected chi connectivity index (χ0v) is 30.4. The number of primary amides is 2. The van der Waals surface area contributed by atoms with E-state index in [9.17, 15) is 9.59 Å². The summed E-state index contributed by atoms with van der Waals surface area (Å²) in [6.07, 6.45) is 7.09. The van der Waals surface area contributed by atoms with Crippen molar-refractivity contribution >= 4 is 50.7 Å². The number of carbonyl (C=O) groups excluding carboxylic acids is 2. The van der Waals surface area contributed by atoms with Gasteiger partial charge in [-0.05, 0) is 57.1 Å². The van der Waals surface area contributed by atoms with Gasteiger partial charge in [0.15, 0.2) is 5.82 Å². The number of nitrogens with two attached hydrogens (primary N) is 3. The molecule has 0 radical (unpaired) electrons. The van der Waals surface area contributed by atoms with E-state index in [1.807, 2.05) is 45.9 Å². The molecular formula is C37H45N11O5. The summed E-state index contributed by atoms with van der Waals surface area (Å²) in [5.41, 5.74) is 22.1. The molecular weight excluding hydrogens is 678 g/mol. The van der Waals surface area contributed by atoms with Gasteiger partial charge in [-0.15, -0.1) is 0 Å². The lowest BCUT2D eigenvalue weighted by Crippen LogP contribution is -2.12. The van der Waals surface area contributed by atoms with Gasteiger partial charge < -0.3 is 45.9 Å². The van der Waals surface area contributed by atoms with Gasteiger partial charge in [0.25, 0.3) is 0 Å². The first-order chi connectivity index (χ1) is 25.7. The van der Waals surface area contributed by atoms with Gasteiger partial charge in [-0.1, -0.05) is 12.2 Å². The number of allylic oxidation sites excluding steroid dienone is 2. The number of fused-ring (bicyclic) bond motifs is 4. The van der Waals surface area contributed by atoms with Crippen LogP contribution in [0.15, 0.2) is 48.7 Å². The van der Waals surface area contributed by atoms with Crippen molar-refractivity contribution in [2.24, 2.45) is 17.2 Å². The lowest BCUT2D eigenvalue weighted by Gasteiger charge is -2.13. The van der Waals surface area contributed by atoms with Crippen LogP contribution in [0.4, 0.5) is 5.95 Å². The van der Waals surface area contributed by atoms with Crippen LogP contribution in [-0.4, -0.2) is 86.2 Å². The fourth-order valence-electron chi connectivity index (χ4n) is 6.35. The number of aryl methyl sites for hydroxylation is 2. The van der Waals surface area contributed by atoms with Crippen molar-refractivity contribution in [2.45, 2.75) is 46.3 Å². The summed E-state index contributed by atoms with van der Waals surface area (Å²) in [6, 6.07) is 8.68. The first-order valence-electron chi connectivity index (χ1n) is 17.5. The predicted octanol–water partition coefficient (Wildman–Crippen LogP) is 3.76.